The predicted molar refractivity (Wildman–Crippen MR) is 195 cm³/mol. The van der Waals surface area contributed by atoms with E-state index in [1.165, 1.54) is 11.8 Å². The maximum Gasteiger partial charge on any atom is 0.272 e. The highest BCUT2D eigenvalue weighted by atomic mass is 79.9. The maximum absolute atomic E-state index is 13.8. The molecule has 0 fully saturated rings. The normalized spacial score (nSPS) is 11.8. The molecule has 6 nitrogen and oxygen atoms in total. The highest BCUT2D eigenvalue weighted by Gasteiger charge is 2.24. The van der Waals surface area contributed by atoms with Crippen LogP contribution in [-0.2, 0) is 16.0 Å². The standard InChI is InChI=1S/C39H34BrN3O3S/c1-3-28-16-10-11-26(2)35(28)43-39(46)36(29-12-6-4-7-13-29)47-33-23-21-32(22-24-33)41-38(45)34(25-27-17-19-31(40)20-18-27)42-37(44)30-14-8-5-9-15-30/h4-25,36H,3H2,1-2H3,(H,41,45)(H,42,44)(H,43,46)/b34-25-. The second kappa shape index (κ2) is 16.1. The van der Waals surface area contributed by atoms with Gasteiger partial charge in [-0.2, -0.15) is 0 Å². The van der Waals surface area contributed by atoms with Crippen molar-refractivity contribution in [3.8, 4) is 0 Å². The van der Waals surface area contributed by atoms with Gasteiger partial charge in [-0.25, -0.2) is 0 Å². The number of halogens is 1. The first-order chi connectivity index (χ1) is 22.8. The van der Waals surface area contributed by atoms with Crippen molar-refractivity contribution in [2.24, 2.45) is 0 Å². The second-order valence-electron chi connectivity index (χ2n) is 10.8. The van der Waals surface area contributed by atoms with E-state index in [4.69, 9.17) is 0 Å². The van der Waals surface area contributed by atoms with Crippen LogP contribution in [0.1, 0.15) is 44.8 Å². The minimum atomic E-state index is -0.505. The zero-order valence-electron chi connectivity index (χ0n) is 26.0. The minimum Gasteiger partial charge on any atom is -0.324 e. The quantitative estimate of drug-likeness (QED) is 0.0946. The number of carbonyl (C=O) groups excluding carboxylic acids is 3. The molecular weight excluding hydrogens is 670 g/mol. The third kappa shape index (κ3) is 9.09. The van der Waals surface area contributed by atoms with Gasteiger partial charge in [0, 0.05) is 26.3 Å². The van der Waals surface area contributed by atoms with E-state index in [-0.39, 0.29) is 11.6 Å². The van der Waals surface area contributed by atoms with Crippen LogP contribution in [0.25, 0.3) is 6.08 Å². The number of hydrogen-bond acceptors (Lipinski definition) is 4. The highest BCUT2D eigenvalue weighted by Crippen LogP contribution is 2.37. The minimum absolute atomic E-state index is 0.100. The second-order valence-corrected chi connectivity index (χ2v) is 12.9. The monoisotopic (exact) mass is 703 g/mol. The molecule has 47 heavy (non-hydrogen) atoms. The molecule has 1 atom stereocenters. The van der Waals surface area contributed by atoms with E-state index >= 15 is 0 Å². The molecular formula is C39H34BrN3O3S. The van der Waals surface area contributed by atoms with Crippen LogP contribution in [0.4, 0.5) is 11.4 Å². The fraction of sp³-hybridized carbons (Fsp3) is 0.103. The first-order valence-corrected chi connectivity index (χ1v) is 16.8. The fourth-order valence-electron chi connectivity index (χ4n) is 4.91. The van der Waals surface area contributed by atoms with Crippen LogP contribution >= 0.6 is 27.7 Å². The van der Waals surface area contributed by atoms with Gasteiger partial charge >= 0.3 is 0 Å². The number of hydrogen-bond donors (Lipinski definition) is 3. The summed E-state index contributed by atoms with van der Waals surface area (Å²) < 4.78 is 0.903. The molecule has 5 rings (SSSR count). The van der Waals surface area contributed by atoms with Crippen molar-refractivity contribution in [3.63, 3.8) is 0 Å². The lowest BCUT2D eigenvalue weighted by Gasteiger charge is -2.20. The summed E-state index contributed by atoms with van der Waals surface area (Å²) in [5, 5.41) is 8.35. The number of carbonyl (C=O) groups is 3. The largest absolute Gasteiger partial charge is 0.324 e. The SMILES string of the molecule is CCc1cccc(C)c1NC(=O)C(Sc1ccc(NC(=O)/C(=C/c2ccc(Br)cc2)NC(=O)c2ccccc2)cc1)c1ccccc1. The molecule has 0 spiro atoms. The van der Waals surface area contributed by atoms with Crippen molar-refractivity contribution < 1.29 is 14.4 Å². The third-order valence-corrected chi connectivity index (χ3v) is 9.20. The molecule has 0 saturated carbocycles. The van der Waals surface area contributed by atoms with Crippen LogP contribution in [0.3, 0.4) is 0 Å². The summed E-state index contributed by atoms with van der Waals surface area (Å²) in [6.45, 7) is 4.07. The molecule has 0 bridgehead atoms. The maximum atomic E-state index is 13.8. The van der Waals surface area contributed by atoms with Crippen LogP contribution < -0.4 is 16.0 Å². The van der Waals surface area contributed by atoms with E-state index in [0.717, 1.165) is 43.7 Å². The molecule has 0 aliphatic heterocycles. The third-order valence-electron chi connectivity index (χ3n) is 7.40. The van der Waals surface area contributed by atoms with Gasteiger partial charge in [-0.1, -0.05) is 102 Å². The topological polar surface area (TPSA) is 87.3 Å². The smallest absolute Gasteiger partial charge is 0.272 e. The zero-order chi connectivity index (χ0) is 33.2. The van der Waals surface area contributed by atoms with E-state index in [1.54, 1.807) is 42.5 Å². The van der Waals surface area contributed by atoms with Gasteiger partial charge in [-0.15, -0.1) is 11.8 Å². The number of anilines is 2. The lowest BCUT2D eigenvalue weighted by molar-refractivity contribution is -0.116. The van der Waals surface area contributed by atoms with Crippen molar-refractivity contribution in [2.45, 2.75) is 30.4 Å². The van der Waals surface area contributed by atoms with E-state index in [2.05, 4.69) is 38.8 Å². The predicted octanol–water partition coefficient (Wildman–Crippen LogP) is 9.20. The Morgan fingerprint density at radius 1 is 0.766 bits per heavy atom. The number of rotatable bonds is 11. The Hall–Kier alpha value is -4.92. The van der Waals surface area contributed by atoms with Gasteiger partial charge in [0.1, 0.15) is 10.9 Å². The summed E-state index contributed by atoms with van der Waals surface area (Å²) in [7, 11) is 0. The molecule has 0 aromatic heterocycles. The van der Waals surface area contributed by atoms with Crippen molar-refractivity contribution in [2.75, 3.05) is 10.6 Å². The van der Waals surface area contributed by atoms with Crippen molar-refractivity contribution in [1.29, 1.82) is 0 Å². The lowest BCUT2D eigenvalue weighted by Crippen LogP contribution is -2.30. The Morgan fingerprint density at radius 2 is 1.43 bits per heavy atom. The van der Waals surface area contributed by atoms with Crippen molar-refractivity contribution >= 4 is 62.9 Å². The van der Waals surface area contributed by atoms with Crippen LogP contribution in [0.15, 0.2) is 142 Å². The molecule has 0 aliphatic rings. The van der Waals surface area contributed by atoms with Gasteiger partial charge in [0.25, 0.3) is 11.8 Å². The molecule has 8 heteroatoms. The molecule has 0 saturated heterocycles. The number of thioether (sulfide) groups is 1. The summed E-state index contributed by atoms with van der Waals surface area (Å²) in [5.41, 5.74) is 5.68. The summed E-state index contributed by atoms with van der Waals surface area (Å²) >= 11 is 4.86. The average molecular weight is 705 g/mol. The Balaban J connectivity index is 1.34. The van der Waals surface area contributed by atoms with Gasteiger partial charge in [0.15, 0.2) is 0 Å². The Bertz CT molecular complexity index is 1880. The number of nitrogens with one attached hydrogen (secondary N) is 3. The van der Waals surface area contributed by atoms with Gasteiger partial charge in [-0.3, -0.25) is 14.4 Å². The molecule has 5 aromatic carbocycles. The van der Waals surface area contributed by atoms with Crippen LogP contribution in [0, 0.1) is 6.92 Å². The number of aryl methyl sites for hydroxylation is 2. The first-order valence-electron chi connectivity index (χ1n) is 15.2. The van der Waals surface area contributed by atoms with E-state index in [9.17, 15) is 14.4 Å². The van der Waals surface area contributed by atoms with Crippen LogP contribution in [0.5, 0.6) is 0 Å². The number of para-hydroxylation sites is 1. The van der Waals surface area contributed by atoms with Gasteiger partial charge in [0.05, 0.1) is 0 Å². The summed E-state index contributed by atoms with van der Waals surface area (Å²) in [6, 6.07) is 39.2. The zero-order valence-corrected chi connectivity index (χ0v) is 28.4. The van der Waals surface area contributed by atoms with Gasteiger partial charge in [-0.05, 0) is 90.2 Å². The molecule has 236 valence electrons. The van der Waals surface area contributed by atoms with Crippen LogP contribution in [-0.4, -0.2) is 17.7 Å². The Kier molecular flexibility index (Phi) is 11.4. The average Bonchev–Trinajstić information content (AvgIpc) is 3.10. The molecule has 0 heterocycles. The van der Waals surface area contributed by atoms with Gasteiger partial charge in [0.2, 0.25) is 5.91 Å². The highest BCUT2D eigenvalue weighted by molar-refractivity contribution is 9.10. The van der Waals surface area contributed by atoms with Crippen LogP contribution in [0.2, 0.25) is 0 Å². The summed E-state index contributed by atoms with van der Waals surface area (Å²) in [6.07, 6.45) is 2.44. The first kappa shape index (κ1) is 33.4. The molecule has 1 unspecified atom stereocenters. The van der Waals surface area contributed by atoms with E-state index < -0.39 is 17.1 Å². The number of amides is 3. The van der Waals surface area contributed by atoms with E-state index in [0.29, 0.717) is 11.3 Å². The molecule has 3 amide bonds. The number of benzene rings is 5. The lowest BCUT2D eigenvalue weighted by atomic mass is 10.1. The van der Waals surface area contributed by atoms with Gasteiger partial charge < -0.3 is 16.0 Å². The van der Waals surface area contributed by atoms with Crippen molar-refractivity contribution in [3.05, 3.63) is 165 Å². The Morgan fingerprint density at radius 3 is 2.09 bits per heavy atom. The molecule has 0 radical (unpaired) electrons. The molecule has 0 aliphatic carbocycles. The van der Waals surface area contributed by atoms with E-state index in [1.807, 2.05) is 97.9 Å². The fourth-order valence-corrected chi connectivity index (χ4v) is 6.20. The molecule has 3 N–H and O–H groups in total. The molecule has 5 aromatic rings. The van der Waals surface area contributed by atoms with Crippen molar-refractivity contribution in [1.82, 2.24) is 5.32 Å². The summed E-state index contributed by atoms with van der Waals surface area (Å²) in [5.74, 6) is -0.971. The summed E-state index contributed by atoms with van der Waals surface area (Å²) in [4.78, 5) is 41.1. The Labute approximate surface area is 287 Å².